The maximum atomic E-state index is 13.4. The number of aryl methyl sites for hydroxylation is 1. The van der Waals surface area contributed by atoms with Gasteiger partial charge in [-0.2, -0.15) is 10.2 Å². The molecule has 0 radical (unpaired) electrons. The molecule has 2 heterocycles. The van der Waals surface area contributed by atoms with Gasteiger partial charge in [-0.3, -0.25) is 14.0 Å². The number of pyridine rings is 1. The number of hydrogen-bond acceptors (Lipinski definition) is 6. The molecule has 180 valence electrons. The minimum atomic E-state index is -0.695. The van der Waals surface area contributed by atoms with Crippen molar-refractivity contribution in [1.82, 2.24) is 9.38 Å². The predicted molar refractivity (Wildman–Crippen MR) is 138 cm³/mol. The van der Waals surface area contributed by atoms with Crippen LogP contribution >= 0.6 is 11.6 Å². The first-order chi connectivity index (χ1) is 17.4. The molecule has 9 heteroatoms. The number of carbonyl (C=O) groups is 1. The molecule has 0 fully saturated rings. The minimum absolute atomic E-state index is 0.0728. The number of rotatable bonds is 7. The predicted octanol–water partition coefficient (Wildman–Crippen LogP) is 5.39. The van der Waals surface area contributed by atoms with Crippen LogP contribution in [0.25, 0.3) is 11.7 Å². The van der Waals surface area contributed by atoms with E-state index in [1.54, 1.807) is 60.8 Å². The lowest BCUT2D eigenvalue weighted by Gasteiger charge is -2.12. The van der Waals surface area contributed by atoms with Gasteiger partial charge >= 0.3 is 0 Å². The highest BCUT2D eigenvalue weighted by atomic mass is 35.5. The normalized spacial score (nSPS) is 11.1. The second-order valence-corrected chi connectivity index (χ2v) is 8.04. The number of benzene rings is 2. The van der Waals surface area contributed by atoms with Gasteiger partial charge in [-0.25, -0.2) is 0 Å². The highest BCUT2D eigenvalue weighted by molar-refractivity contribution is 6.32. The third-order valence-electron chi connectivity index (χ3n) is 5.17. The Kier molecular flexibility index (Phi) is 7.33. The lowest BCUT2D eigenvalue weighted by molar-refractivity contribution is -0.112. The molecule has 2 aromatic heterocycles. The molecule has 1 amide bonds. The Hall–Kier alpha value is -4.61. The molecule has 0 saturated heterocycles. The van der Waals surface area contributed by atoms with Crippen LogP contribution in [0, 0.1) is 18.3 Å². The maximum Gasteiger partial charge on any atom is 0.269 e. The van der Waals surface area contributed by atoms with Crippen LogP contribution in [0.15, 0.2) is 77.2 Å². The number of fused-ring (bicyclic) bond motifs is 1. The highest BCUT2D eigenvalue weighted by Crippen LogP contribution is 2.30. The quantitative estimate of drug-likeness (QED) is 0.269. The summed E-state index contributed by atoms with van der Waals surface area (Å²) in [6.07, 6.45) is 2.72. The van der Waals surface area contributed by atoms with E-state index in [0.29, 0.717) is 28.7 Å². The Balaban J connectivity index is 1.78. The molecular formula is C27H21ClN4O4. The number of carbonyl (C=O) groups excluding carboxylic acids is 1. The summed E-state index contributed by atoms with van der Waals surface area (Å²) in [4.78, 5) is 30.8. The molecule has 2 aromatic carbocycles. The first kappa shape index (κ1) is 24.5. The van der Waals surface area contributed by atoms with E-state index in [1.165, 1.54) is 10.5 Å². The molecule has 0 unspecified atom stereocenters. The monoisotopic (exact) mass is 500 g/mol. The lowest BCUT2D eigenvalue weighted by atomic mass is 10.1. The first-order valence-electron chi connectivity index (χ1n) is 11.0. The van der Waals surface area contributed by atoms with E-state index < -0.39 is 11.5 Å². The molecule has 0 bridgehead atoms. The van der Waals surface area contributed by atoms with Crippen molar-refractivity contribution >= 4 is 34.9 Å². The number of anilines is 1. The number of halogens is 1. The largest absolute Gasteiger partial charge is 0.494 e. The zero-order chi connectivity index (χ0) is 25.7. The van der Waals surface area contributed by atoms with Crippen molar-refractivity contribution < 1.29 is 14.3 Å². The molecule has 8 nitrogen and oxygen atoms in total. The average Bonchev–Trinajstić information content (AvgIpc) is 2.87. The average molecular weight is 501 g/mol. The van der Waals surface area contributed by atoms with E-state index in [4.69, 9.17) is 21.1 Å². The highest BCUT2D eigenvalue weighted by Gasteiger charge is 2.19. The van der Waals surface area contributed by atoms with Crippen LogP contribution in [0.4, 0.5) is 5.69 Å². The lowest BCUT2D eigenvalue weighted by Crippen LogP contribution is -2.20. The molecule has 0 spiro atoms. The van der Waals surface area contributed by atoms with Gasteiger partial charge in [0.2, 0.25) is 5.88 Å². The van der Waals surface area contributed by atoms with E-state index in [2.05, 4.69) is 10.3 Å². The van der Waals surface area contributed by atoms with Crippen LogP contribution in [-0.4, -0.2) is 21.9 Å². The van der Waals surface area contributed by atoms with Gasteiger partial charge in [-0.1, -0.05) is 29.8 Å². The number of amides is 1. The number of para-hydroxylation sites is 1. The van der Waals surface area contributed by atoms with Crippen LogP contribution in [0.3, 0.4) is 0 Å². The molecule has 4 rings (SSSR count). The summed E-state index contributed by atoms with van der Waals surface area (Å²) in [5.41, 5.74) is 0.686. The molecule has 0 atom stereocenters. The van der Waals surface area contributed by atoms with Gasteiger partial charge in [0.25, 0.3) is 11.5 Å². The first-order valence-corrected chi connectivity index (χ1v) is 11.4. The van der Waals surface area contributed by atoms with Gasteiger partial charge in [-0.05, 0) is 68.0 Å². The molecule has 0 aliphatic carbocycles. The van der Waals surface area contributed by atoms with E-state index >= 15 is 0 Å². The van der Waals surface area contributed by atoms with E-state index in [9.17, 15) is 14.9 Å². The summed E-state index contributed by atoms with van der Waals surface area (Å²) in [5, 5.41) is 12.7. The van der Waals surface area contributed by atoms with Gasteiger partial charge in [0, 0.05) is 11.9 Å². The fourth-order valence-corrected chi connectivity index (χ4v) is 3.59. The summed E-state index contributed by atoms with van der Waals surface area (Å²) in [6.45, 7) is 4.19. The second-order valence-electron chi connectivity index (χ2n) is 7.63. The second kappa shape index (κ2) is 10.8. The summed E-state index contributed by atoms with van der Waals surface area (Å²) >= 11 is 6.24. The zero-order valence-electron chi connectivity index (χ0n) is 19.5. The summed E-state index contributed by atoms with van der Waals surface area (Å²) in [7, 11) is 0. The topological polar surface area (TPSA) is 106 Å². The summed E-state index contributed by atoms with van der Waals surface area (Å²) in [6, 6.07) is 18.8. The molecule has 1 N–H and O–H groups in total. The summed E-state index contributed by atoms with van der Waals surface area (Å²) in [5.74, 6) is 0.151. The van der Waals surface area contributed by atoms with E-state index in [-0.39, 0.29) is 22.8 Å². The van der Waals surface area contributed by atoms with Crippen LogP contribution in [0.5, 0.6) is 17.4 Å². The molecule has 0 aliphatic rings. The van der Waals surface area contributed by atoms with Crippen molar-refractivity contribution in [3.8, 4) is 23.4 Å². The van der Waals surface area contributed by atoms with E-state index in [0.717, 1.165) is 5.56 Å². The standard InChI is InChI=1S/C27H21ClN4O4/c1-3-35-20-12-10-19(11-13-20)30-25(33)18(16-29)15-21-26(36-23-9-5-4-8-22(23)28)31-24-17(2)7-6-14-32(24)27(21)34/h4-15H,3H2,1-2H3,(H,30,33). The van der Waals surface area contributed by atoms with Crippen molar-refractivity contribution in [3.05, 3.63) is 98.9 Å². The SMILES string of the molecule is CCOc1ccc(NC(=O)C(C#N)=Cc2c(Oc3ccccc3Cl)nc3c(C)cccn3c2=O)cc1. The summed E-state index contributed by atoms with van der Waals surface area (Å²) < 4.78 is 12.6. The van der Waals surface area contributed by atoms with Crippen molar-refractivity contribution in [3.63, 3.8) is 0 Å². The van der Waals surface area contributed by atoms with Gasteiger partial charge in [-0.15, -0.1) is 0 Å². The number of ether oxygens (including phenoxy) is 2. The van der Waals surface area contributed by atoms with Gasteiger partial charge in [0.05, 0.1) is 11.6 Å². The van der Waals surface area contributed by atoms with E-state index in [1.807, 2.05) is 26.0 Å². The number of aromatic nitrogens is 2. The fraction of sp³-hybridized carbons (Fsp3) is 0.111. The Morgan fingerprint density at radius 2 is 1.92 bits per heavy atom. The van der Waals surface area contributed by atoms with Crippen molar-refractivity contribution in [2.75, 3.05) is 11.9 Å². The van der Waals surface area contributed by atoms with Crippen LogP contribution in [0.2, 0.25) is 5.02 Å². The van der Waals surface area contributed by atoms with Crippen LogP contribution < -0.4 is 20.3 Å². The Bertz CT molecular complexity index is 1570. The van der Waals surface area contributed by atoms with Gasteiger partial charge < -0.3 is 14.8 Å². The molecule has 0 saturated carbocycles. The molecule has 0 aliphatic heterocycles. The Morgan fingerprint density at radius 3 is 2.61 bits per heavy atom. The van der Waals surface area contributed by atoms with Crippen LogP contribution in [-0.2, 0) is 4.79 Å². The smallest absolute Gasteiger partial charge is 0.269 e. The van der Waals surface area contributed by atoms with Gasteiger partial charge in [0.15, 0.2) is 0 Å². The minimum Gasteiger partial charge on any atom is -0.494 e. The Labute approximate surface area is 212 Å². The van der Waals surface area contributed by atoms with Crippen molar-refractivity contribution in [2.45, 2.75) is 13.8 Å². The number of nitrogens with zero attached hydrogens (tertiary/aromatic N) is 3. The molecular weight excluding hydrogens is 480 g/mol. The van der Waals surface area contributed by atoms with Crippen molar-refractivity contribution in [1.29, 1.82) is 5.26 Å². The molecule has 4 aromatic rings. The fourth-order valence-electron chi connectivity index (χ4n) is 3.42. The maximum absolute atomic E-state index is 13.4. The number of hydrogen-bond donors (Lipinski definition) is 1. The number of nitriles is 1. The van der Waals surface area contributed by atoms with Gasteiger partial charge in [0.1, 0.15) is 34.4 Å². The Morgan fingerprint density at radius 1 is 1.17 bits per heavy atom. The molecule has 36 heavy (non-hydrogen) atoms. The zero-order valence-corrected chi connectivity index (χ0v) is 20.2. The van der Waals surface area contributed by atoms with Crippen LogP contribution in [0.1, 0.15) is 18.1 Å². The third-order valence-corrected chi connectivity index (χ3v) is 5.48. The van der Waals surface area contributed by atoms with Crippen molar-refractivity contribution in [2.24, 2.45) is 0 Å². The third kappa shape index (κ3) is 5.22. The number of nitrogens with one attached hydrogen (secondary N) is 1.